The Morgan fingerprint density at radius 1 is 1.50 bits per heavy atom. The van der Waals surface area contributed by atoms with Gasteiger partial charge in [0.1, 0.15) is 15.5 Å². The van der Waals surface area contributed by atoms with E-state index in [0.29, 0.717) is 9.48 Å². The van der Waals surface area contributed by atoms with E-state index in [1.807, 2.05) is 0 Å². The summed E-state index contributed by atoms with van der Waals surface area (Å²) in [4.78, 5) is 7.06. The second-order valence-electron chi connectivity index (χ2n) is 2.83. The van der Waals surface area contributed by atoms with E-state index >= 15 is 0 Å². The molecular weight excluding hydrogens is 266 g/mol. The number of halogens is 1. The van der Waals surface area contributed by atoms with Gasteiger partial charge in [-0.25, -0.2) is 4.98 Å². The van der Waals surface area contributed by atoms with Crippen molar-refractivity contribution in [3.8, 4) is 6.07 Å². The minimum Gasteiger partial charge on any atom is -0.378 e. The van der Waals surface area contributed by atoms with Gasteiger partial charge in [-0.3, -0.25) is 0 Å². The van der Waals surface area contributed by atoms with E-state index in [0.717, 1.165) is 31.4 Å². The van der Waals surface area contributed by atoms with Crippen LogP contribution in [0.3, 0.4) is 0 Å². The number of morpholine rings is 1. The molecular formula is C8H8BrN3OS. The zero-order valence-corrected chi connectivity index (χ0v) is 9.77. The third-order valence-corrected chi connectivity index (χ3v) is 3.81. The molecule has 1 aromatic heterocycles. The summed E-state index contributed by atoms with van der Waals surface area (Å²) in [6.45, 7) is 3.17. The largest absolute Gasteiger partial charge is 0.378 e. The normalized spacial score (nSPS) is 16.7. The molecule has 0 aromatic carbocycles. The lowest BCUT2D eigenvalue weighted by Gasteiger charge is -2.25. The summed E-state index contributed by atoms with van der Waals surface area (Å²) in [5.41, 5.74) is 0. The maximum absolute atomic E-state index is 8.78. The molecule has 0 bridgehead atoms. The van der Waals surface area contributed by atoms with Crippen LogP contribution in [0.2, 0.25) is 0 Å². The monoisotopic (exact) mass is 273 g/mol. The molecule has 1 aromatic rings. The van der Waals surface area contributed by atoms with Crippen LogP contribution in [0, 0.1) is 11.3 Å². The number of nitriles is 1. The van der Waals surface area contributed by atoms with Gasteiger partial charge in [0.15, 0.2) is 5.13 Å². The molecule has 1 saturated heterocycles. The Morgan fingerprint density at radius 3 is 2.79 bits per heavy atom. The molecule has 0 aliphatic carbocycles. The summed E-state index contributed by atoms with van der Waals surface area (Å²) in [5, 5.41) is 9.68. The number of hydrogen-bond donors (Lipinski definition) is 0. The summed E-state index contributed by atoms with van der Waals surface area (Å²) in [6.07, 6.45) is 0. The molecule has 0 atom stereocenters. The highest BCUT2D eigenvalue weighted by molar-refractivity contribution is 9.10. The van der Waals surface area contributed by atoms with Gasteiger partial charge in [0.25, 0.3) is 0 Å². The molecule has 0 saturated carbocycles. The van der Waals surface area contributed by atoms with Gasteiger partial charge >= 0.3 is 0 Å². The van der Waals surface area contributed by atoms with Gasteiger partial charge in [-0.2, -0.15) is 5.26 Å². The molecule has 74 valence electrons. The van der Waals surface area contributed by atoms with Crippen molar-refractivity contribution in [2.75, 3.05) is 31.2 Å². The molecule has 0 unspecified atom stereocenters. The molecule has 0 amide bonds. The second-order valence-corrected chi connectivity index (χ2v) is 4.56. The van der Waals surface area contributed by atoms with E-state index in [2.05, 4.69) is 31.9 Å². The number of rotatable bonds is 1. The summed E-state index contributed by atoms with van der Waals surface area (Å²) >= 11 is 4.68. The minimum atomic E-state index is 0.631. The van der Waals surface area contributed by atoms with E-state index in [1.165, 1.54) is 11.3 Å². The standard InChI is InChI=1S/C8H8BrN3OS/c9-7-6(5-10)14-8(11-7)12-1-3-13-4-2-12/h1-4H2. The Hall–Kier alpha value is -0.640. The average molecular weight is 274 g/mol. The predicted molar refractivity (Wildman–Crippen MR) is 57.6 cm³/mol. The Bertz CT molecular complexity index is 367. The van der Waals surface area contributed by atoms with Crippen molar-refractivity contribution in [1.29, 1.82) is 5.26 Å². The Kier molecular flexibility index (Phi) is 3.01. The first-order chi connectivity index (χ1) is 6.81. The van der Waals surface area contributed by atoms with Crippen LogP contribution in [0.1, 0.15) is 4.88 Å². The number of ether oxygens (including phenoxy) is 1. The average Bonchev–Trinajstić information content (AvgIpc) is 2.61. The van der Waals surface area contributed by atoms with Gasteiger partial charge in [0.05, 0.1) is 13.2 Å². The zero-order valence-electron chi connectivity index (χ0n) is 7.36. The number of aromatic nitrogens is 1. The van der Waals surface area contributed by atoms with E-state index in [1.54, 1.807) is 0 Å². The van der Waals surface area contributed by atoms with Crippen LogP contribution in [-0.2, 0) is 4.74 Å². The third kappa shape index (κ3) is 1.90. The molecule has 1 aliphatic heterocycles. The molecule has 6 heteroatoms. The molecule has 0 N–H and O–H groups in total. The maximum atomic E-state index is 8.78. The quantitative estimate of drug-likeness (QED) is 0.780. The lowest BCUT2D eigenvalue weighted by atomic mass is 10.5. The van der Waals surface area contributed by atoms with E-state index in [-0.39, 0.29) is 0 Å². The molecule has 2 rings (SSSR count). The number of anilines is 1. The summed E-state index contributed by atoms with van der Waals surface area (Å²) in [6, 6.07) is 2.11. The maximum Gasteiger partial charge on any atom is 0.187 e. The molecule has 4 nitrogen and oxygen atoms in total. The lowest BCUT2D eigenvalue weighted by Crippen LogP contribution is -2.36. The highest BCUT2D eigenvalue weighted by Crippen LogP contribution is 2.29. The first-order valence-electron chi connectivity index (χ1n) is 4.20. The van der Waals surface area contributed by atoms with Gasteiger partial charge in [-0.15, -0.1) is 0 Å². The molecule has 1 aliphatic rings. The SMILES string of the molecule is N#Cc1sc(N2CCOCC2)nc1Br. The molecule has 0 radical (unpaired) electrons. The van der Waals surface area contributed by atoms with Crippen molar-refractivity contribution >= 4 is 32.4 Å². The Labute approximate surface area is 94.2 Å². The molecule has 14 heavy (non-hydrogen) atoms. The van der Waals surface area contributed by atoms with Crippen molar-refractivity contribution in [3.05, 3.63) is 9.48 Å². The van der Waals surface area contributed by atoms with Crippen molar-refractivity contribution in [2.24, 2.45) is 0 Å². The Balaban J connectivity index is 2.19. The van der Waals surface area contributed by atoms with Crippen molar-refractivity contribution in [1.82, 2.24) is 4.98 Å². The van der Waals surface area contributed by atoms with Gasteiger partial charge in [0, 0.05) is 13.1 Å². The first-order valence-corrected chi connectivity index (χ1v) is 5.81. The fraction of sp³-hybridized carbons (Fsp3) is 0.500. The lowest BCUT2D eigenvalue weighted by molar-refractivity contribution is 0.122. The fourth-order valence-electron chi connectivity index (χ4n) is 1.25. The van der Waals surface area contributed by atoms with Gasteiger partial charge < -0.3 is 9.64 Å². The highest BCUT2D eigenvalue weighted by Gasteiger charge is 2.16. The van der Waals surface area contributed by atoms with E-state index < -0.39 is 0 Å². The number of thiazole rings is 1. The second kappa shape index (κ2) is 4.26. The number of hydrogen-bond acceptors (Lipinski definition) is 5. The van der Waals surface area contributed by atoms with Crippen LogP contribution < -0.4 is 4.90 Å². The van der Waals surface area contributed by atoms with Crippen molar-refractivity contribution < 1.29 is 4.74 Å². The molecule has 2 heterocycles. The summed E-state index contributed by atoms with van der Waals surface area (Å²) in [5.74, 6) is 0. The van der Waals surface area contributed by atoms with E-state index in [4.69, 9.17) is 10.00 Å². The predicted octanol–water partition coefficient (Wildman–Crippen LogP) is 1.61. The van der Waals surface area contributed by atoms with Crippen LogP contribution in [0.5, 0.6) is 0 Å². The fourth-order valence-corrected chi connectivity index (χ4v) is 2.67. The summed E-state index contributed by atoms with van der Waals surface area (Å²) in [7, 11) is 0. The number of nitrogens with zero attached hydrogens (tertiary/aromatic N) is 3. The van der Waals surface area contributed by atoms with Gasteiger partial charge in [-0.05, 0) is 15.9 Å². The topological polar surface area (TPSA) is 49.2 Å². The van der Waals surface area contributed by atoms with Crippen molar-refractivity contribution in [3.63, 3.8) is 0 Å². The van der Waals surface area contributed by atoms with E-state index in [9.17, 15) is 0 Å². The minimum absolute atomic E-state index is 0.631. The van der Waals surface area contributed by atoms with Crippen LogP contribution in [0.15, 0.2) is 4.60 Å². The van der Waals surface area contributed by atoms with Crippen molar-refractivity contribution in [2.45, 2.75) is 0 Å². The van der Waals surface area contributed by atoms with Gasteiger partial charge in [0.2, 0.25) is 0 Å². The Morgan fingerprint density at radius 2 is 2.21 bits per heavy atom. The molecule has 1 fully saturated rings. The summed E-state index contributed by atoms with van der Waals surface area (Å²) < 4.78 is 5.89. The third-order valence-electron chi connectivity index (χ3n) is 1.96. The van der Waals surface area contributed by atoms with Crippen LogP contribution in [0.4, 0.5) is 5.13 Å². The molecule has 0 spiro atoms. The zero-order chi connectivity index (χ0) is 9.97. The smallest absolute Gasteiger partial charge is 0.187 e. The van der Waals surface area contributed by atoms with Crippen LogP contribution >= 0.6 is 27.3 Å². The first kappa shape index (κ1) is 9.90. The van der Waals surface area contributed by atoms with Gasteiger partial charge in [-0.1, -0.05) is 11.3 Å². The van der Waals surface area contributed by atoms with Crippen LogP contribution in [-0.4, -0.2) is 31.3 Å². The van der Waals surface area contributed by atoms with Crippen LogP contribution in [0.25, 0.3) is 0 Å². The highest BCUT2D eigenvalue weighted by atomic mass is 79.9.